The molecule has 0 aliphatic carbocycles. The van der Waals surface area contributed by atoms with Crippen molar-refractivity contribution in [2.24, 2.45) is 0 Å². The molecule has 0 aliphatic rings. The van der Waals surface area contributed by atoms with Crippen molar-refractivity contribution in [3.05, 3.63) is 52.2 Å². The third-order valence-corrected chi connectivity index (χ3v) is 2.94. The minimum absolute atomic E-state index is 0.0681. The van der Waals surface area contributed by atoms with Gasteiger partial charge in [0.05, 0.1) is 11.3 Å². The number of halogens is 1. The molecular weight excluding hydrogens is 246 g/mol. The number of rotatable bonds is 1. The maximum absolute atomic E-state index is 9.14. The summed E-state index contributed by atoms with van der Waals surface area (Å²) in [6, 6.07) is 13.4. The van der Waals surface area contributed by atoms with Crippen LogP contribution in [-0.4, -0.2) is 4.98 Å². The number of nitriles is 2. The van der Waals surface area contributed by atoms with E-state index in [0.717, 1.165) is 5.56 Å². The molecule has 0 atom stereocenters. The predicted octanol–water partition coefficient (Wildman–Crippen LogP) is 3.45. The largest absolute Gasteiger partial charge is 0.234 e. The first-order valence-corrected chi connectivity index (χ1v) is 5.62. The number of pyridine rings is 1. The molecule has 0 fully saturated rings. The minimum Gasteiger partial charge on any atom is -0.234 e. The molecule has 4 heteroatoms. The molecule has 0 radical (unpaired) electrons. The Hall–Kier alpha value is -2.36. The lowest BCUT2D eigenvalue weighted by Gasteiger charge is -2.09. The Morgan fingerprint density at radius 1 is 1.06 bits per heavy atom. The van der Waals surface area contributed by atoms with Crippen molar-refractivity contribution in [1.82, 2.24) is 4.98 Å². The number of benzene rings is 1. The molecule has 0 unspecified atom stereocenters. The van der Waals surface area contributed by atoms with Gasteiger partial charge in [-0.15, -0.1) is 0 Å². The normalized spacial score (nSPS) is 9.56. The van der Waals surface area contributed by atoms with Gasteiger partial charge in [0.15, 0.2) is 0 Å². The summed E-state index contributed by atoms with van der Waals surface area (Å²) < 4.78 is 0. The molecule has 0 N–H and O–H groups in total. The van der Waals surface area contributed by atoms with Crippen LogP contribution in [0.1, 0.15) is 16.7 Å². The van der Waals surface area contributed by atoms with Crippen molar-refractivity contribution in [2.75, 3.05) is 0 Å². The van der Waals surface area contributed by atoms with Crippen LogP contribution in [0, 0.1) is 29.6 Å². The van der Waals surface area contributed by atoms with Gasteiger partial charge < -0.3 is 0 Å². The molecule has 3 nitrogen and oxygen atoms in total. The molecule has 1 heterocycles. The monoisotopic (exact) mass is 253 g/mol. The fraction of sp³-hybridized carbons (Fsp3) is 0.0714. The van der Waals surface area contributed by atoms with Crippen LogP contribution >= 0.6 is 11.6 Å². The van der Waals surface area contributed by atoms with E-state index in [1.807, 2.05) is 42.5 Å². The van der Waals surface area contributed by atoms with E-state index in [9.17, 15) is 0 Å². The Morgan fingerprint density at radius 3 is 2.22 bits per heavy atom. The van der Waals surface area contributed by atoms with E-state index < -0.39 is 0 Å². The highest BCUT2D eigenvalue weighted by Gasteiger charge is 2.16. The van der Waals surface area contributed by atoms with Gasteiger partial charge in [0.1, 0.15) is 22.9 Å². The summed E-state index contributed by atoms with van der Waals surface area (Å²) in [5.41, 5.74) is 2.60. The van der Waals surface area contributed by atoms with E-state index in [-0.39, 0.29) is 16.3 Å². The first kappa shape index (κ1) is 12.1. The molecule has 0 aliphatic heterocycles. The van der Waals surface area contributed by atoms with Crippen LogP contribution in [0.15, 0.2) is 30.3 Å². The van der Waals surface area contributed by atoms with E-state index >= 15 is 0 Å². The van der Waals surface area contributed by atoms with Gasteiger partial charge in [-0.05, 0) is 12.5 Å². The fourth-order valence-electron chi connectivity index (χ4n) is 1.77. The van der Waals surface area contributed by atoms with Crippen LogP contribution in [0.2, 0.25) is 5.15 Å². The summed E-state index contributed by atoms with van der Waals surface area (Å²) in [7, 11) is 0. The van der Waals surface area contributed by atoms with Crippen molar-refractivity contribution in [1.29, 1.82) is 10.5 Å². The van der Waals surface area contributed by atoms with Crippen LogP contribution in [0.3, 0.4) is 0 Å². The molecule has 0 spiro atoms. The topological polar surface area (TPSA) is 60.5 Å². The number of hydrogen-bond donors (Lipinski definition) is 0. The summed E-state index contributed by atoms with van der Waals surface area (Å²) in [4.78, 5) is 4.21. The molecule has 18 heavy (non-hydrogen) atoms. The highest BCUT2D eigenvalue weighted by molar-refractivity contribution is 6.30. The van der Waals surface area contributed by atoms with E-state index in [1.165, 1.54) is 0 Å². The zero-order valence-electron chi connectivity index (χ0n) is 9.61. The van der Waals surface area contributed by atoms with Crippen LogP contribution in [0.4, 0.5) is 0 Å². The average Bonchev–Trinajstić information content (AvgIpc) is 2.41. The molecule has 1 aromatic heterocycles. The highest BCUT2D eigenvalue weighted by atomic mass is 35.5. The predicted molar refractivity (Wildman–Crippen MR) is 68.9 cm³/mol. The van der Waals surface area contributed by atoms with Gasteiger partial charge in [-0.2, -0.15) is 10.5 Å². The molecule has 0 amide bonds. The standard InChI is InChI=1S/C14H8ClN3/c1-9-11(7-16)12(8-17)14(15)18-13(9)10-5-3-2-4-6-10/h2-6H,1H3. The maximum Gasteiger partial charge on any atom is 0.148 e. The molecule has 0 saturated heterocycles. The summed E-state index contributed by atoms with van der Waals surface area (Å²) in [5, 5.41) is 18.2. The van der Waals surface area contributed by atoms with Gasteiger partial charge in [-0.1, -0.05) is 41.9 Å². The van der Waals surface area contributed by atoms with Crippen molar-refractivity contribution in [2.45, 2.75) is 6.92 Å². The van der Waals surface area contributed by atoms with Crippen molar-refractivity contribution < 1.29 is 0 Å². The van der Waals surface area contributed by atoms with E-state index in [1.54, 1.807) is 6.92 Å². The van der Waals surface area contributed by atoms with Crippen molar-refractivity contribution in [3.63, 3.8) is 0 Å². The third-order valence-electron chi connectivity index (χ3n) is 2.67. The molecule has 2 aromatic rings. The Bertz CT molecular complexity index is 679. The lowest BCUT2D eigenvalue weighted by molar-refractivity contribution is 1.23. The summed E-state index contributed by atoms with van der Waals surface area (Å²) in [6.45, 7) is 1.77. The summed E-state index contributed by atoms with van der Waals surface area (Å²) in [5.74, 6) is 0. The second-order valence-corrected chi connectivity index (χ2v) is 4.07. The lowest BCUT2D eigenvalue weighted by atomic mass is 10.00. The summed E-state index contributed by atoms with van der Waals surface area (Å²) in [6.07, 6.45) is 0. The lowest BCUT2D eigenvalue weighted by Crippen LogP contribution is -1.98. The molecule has 0 saturated carbocycles. The molecule has 0 bridgehead atoms. The first-order chi connectivity index (χ1) is 8.69. The second-order valence-electron chi connectivity index (χ2n) is 3.72. The van der Waals surface area contributed by atoms with Gasteiger partial charge in [-0.25, -0.2) is 4.98 Å². The Labute approximate surface area is 110 Å². The van der Waals surface area contributed by atoms with Crippen molar-refractivity contribution in [3.8, 4) is 23.4 Å². The SMILES string of the molecule is Cc1c(-c2ccccc2)nc(Cl)c(C#N)c1C#N. The second kappa shape index (κ2) is 4.87. The van der Waals surface area contributed by atoms with Gasteiger partial charge in [-0.3, -0.25) is 0 Å². The van der Waals surface area contributed by atoms with Crippen LogP contribution in [0.5, 0.6) is 0 Å². The quantitative estimate of drug-likeness (QED) is 0.731. The average molecular weight is 254 g/mol. The third kappa shape index (κ3) is 1.93. The number of nitrogens with zero attached hydrogens (tertiary/aromatic N) is 3. The Kier molecular flexibility index (Phi) is 3.28. The van der Waals surface area contributed by atoms with Gasteiger partial charge in [0, 0.05) is 5.56 Å². The molecule has 86 valence electrons. The maximum atomic E-state index is 9.14. The Balaban J connectivity index is 2.78. The van der Waals surface area contributed by atoms with Gasteiger partial charge >= 0.3 is 0 Å². The number of aromatic nitrogens is 1. The van der Waals surface area contributed by atoms with Crippen LogP contribution in [0.25, 0.3) is 11.3 Å². The molecule has 2 rings (SSSR count). The van der Waals surface area contributed by atoms with E-state index in [2.05, 4.69) is 4.98 Å². The molecule has 1 aromatic carbocycles. The summed E-state index contributed by atoms with van der Waals surface area (Å²) >= 11 is 5.95. The van der Waals surface area contributed by atoms with Gasteiger partial charge in [0.2, 0.25) is 0 Å². The highest BCUT2D eigenvalue weighted by Crippen LogP contribution is 2.29. The number of hydrogen-bond acceptors (Lipinski definition) is 3. The zero-order chi connectivity index (χ0) is 13.1. The van der Waals surface area contributed by atoms with E-state index in [0.29, 0.717) is 11.3 Å². The van der Waals surface area contributed by atoms with Crippen LogP contribution < -0.4 is 0 Å². The minimum atomic E-state index is 0.0681. The van der Waals surface area contributed by atoms with Gasteiger partial charge in [0.25, 0.3) is 0 Å². The smallest absolute Gasteiger partial charge is 0.148 e. The first-order valence-electron chi connectivity index (χ1n) is 5.24. The van der Waals surface area contributed by atoms with Crippen LogP contribution in [-0.2, 0) is 0 Å². The fourth-order valence-corrected chi connectivity index (χ4v) is 1.99. The molecular formula is C14H8ClN3. The van der Waals surface area contributed by atoms with E-state index in [4.69, 9.17) is 22.1 Å². The van der Waals surface area contributed by atoms with Crippen molar-refractivity contribution >= 4 is 11.6 Å². The Morgan fingerprint density at radius 2 is 1.67 bits per heavy atom. The zero-order valence-corrected chi connectivity index (χ0v) is 10.4.